The van der Waals surface area contributed by atoms with Crippen LogP contribution in [0.3, 0.4) is 0 Å². The fourth-order valence-electron chi connectivity index (χ4n) is 4.34. The Hall–Kier alpha value is -0.530. The first-order valence-electron chi connectivity index (χ1n) is 13.3. The maximum absolute atomic E-state index is 11.8. The SMILES string of the molecule is CCCCCCCCCCCCC(C)(CCCCCCCCCCCC)C(=O)O. The summed E-state index contributed by atoms with van der Waals surface area (Å²) >= 11 is 0. The van der Waals surface area contributed by atoms with Gasteiger partial charge >= 0.3 is 5.97 Å². The van der Waals surface area contributed by atoms with Gasteiger partial charge in [0.05, 0.1) is 5.41 Å². The van der Waals surface area contributed by atoms with Gasteiger partial charge in [-0.2, -0.15) is 0 Å². The Morgan fingerprint density at radius 2 is 0.759 bits per heavy atom. The fourth-order valence-corrected chi connectivity index (χ4v) is 4.34. The number of hydrogen-bond donors (Lipinski definition) is 1. The summed E-state index contributed by atoms with van der Waals surface area (Å²) < 4.78 is 0. The molecular formula is C27H54O2. The van der Waals surface area contributed by atoms with Crippen molar-refractivity contribution in [2.45, 2.75) is 162 Å². The van der Waals surface area contributed by atoms with Gasteiger partial charge in [0.1, 0.15) is 0 Å². The quantitative estimate of drug-likeness (QED) is 0.170. The molecule has 0 heterocycles. The van der Waals surface area contributed by atoms with E-state index in [2.05, 4.69) is 13.8 Å². The summed E-state index contributed by atoms with van der Waals surface area (Å²) in [5.41, 5.74) is -0.500. The third-order valence-electron chi connectivity index (χ3n) is 6.68. The van der Waals surface area contributed by atoms with E-state index in [1.54, 1.807) is 0 Å². The van der Waals surface area contributed by atoms with Gasteiger partial charge < -0.3 is 5.11 Å². The predicted octanol–water partition coefficient (Wildman–Crippen LogP) is 9.70. The van der Waals surface area contributed by atoms with E-state index in [1.807, 2.05) is 6.92 Å². The zero-order valence-corrected chi connectivity index (χ0v) is 20.4. The molecule has 0 atom stereocenters. The summed E-state index contributed by atoms with van der Waals surface area (Å²) in [6.45, 7) is 6.51. The van der Waals surface area contributed by atoms with E-state index in [0.717, 1.165) is 25.7 Å². The van der Waals surface area contributed by atoms with Crippen molar-refractivity contribution in [2.75, 3.05) is 0 Å². The monoisotopic (exact) mass is 410 g/mol. The fraction of sp³-hybridized carbons (Fsp3) is 0.963. The lowest BCUT2D eigenvalue weighted by atomic mass is 9.80. The Balaban J connectivity index is 3.65. The van der Waals surface area contributed by atoms with E-state index in [9.17, 15) is 9.90 Å². The highest BCUT2D eigenvalue weighted by Crippen LogP contribution is 2.32. The van der Waals surface area contributed by atoms with Crippen LogP contribution in [-0.2, 0) is 4.79 Å². The number of carboxylic acids is 1. The first kappa shape index (κ1) is 28.5. The van der Waals surface area contributed by atoms with Crippen LogP contribution in [0.1, 0.15) is 162 Å². The minimum Gasteiger partial charge on any atom is -0.481 e. The summed E-state index contributed by atoms with van der Waals surface area (Å²) in [6, 6.07) is 0. The van der Waals surface area contributed by atoms with Crippen LogP contribution < -0.4 is 0 Å². The zero-order chi connectivity index (χ0) is 21.6. The molecule has 0 aliphatic heterocycles. The van der Waals surface area contributed by atoms with Gasteiger partial charge in [0.15, 0.2) is 0 Å². The minimum atomic E-state index is -0.579. The van der Waals surface area contributed by atoms with Gasteiger partial charge in [0.2, 0.25) is 0 Å². The number of unbranched alkanes of at least 4 members (excludes halogenated alkanes) is 18. The minimum absolute atomic E-state index is 0.500. The number of aliphatic carboxylic acids is 1. The van der Waals surface area contributed by atoms with Crippen molar-refractivity contribution >= 4 is 5.97 Å². The van der Waals surface area contributed by atoms with Crippen LogP contribution in [0.15, 0.2) is 0 Å². The second-order valence-electron chi connectivity index (χ2n) is 9.73. The molecule has 0 spiro atoms. The van der Waals surface area contributed by atoms with Crippen LogP contribution in [0.2, 0.25) is 0 Å². The van der Waals surface area contributed by atoms with Crippen molar-refractivity contribution in [2.24, 2.45) is 5.41 Å². The molecular weight excluding hydrogens is 356 g/mol. The van der Waals surface area contributed by atoms with Crippen molar-refractivity contribution in [3.63, 3.8) is 0 Å². The third-order valence-corrected chi connectivity index (χ3v) is 6.68. The highest BCUT2D eigenvalue weighted by atomic mass is 16.4. The van der Waals surface area contributed by atoms with Crippen LogP contribution in [-0.4, -0.2) is 11.1 Å². The van der Waals surface area contributed by atoms with E-state index >= 15 is 0 Å². The van der Waals surface area contributed by atoms with E-state index < -0.39 is 11.4 Å². The molecule has 0 rings (SSSR count). The van der Waals surface area contributed by atoms with Gasteiger partial charge in [-0.25, -0.2) is 0 Å². The summed E-state index contributed by atoms with van der Waals surface area (Å²) in [6.07, 6.45) is 28.0. The molecule has 0 aromatic carbocycles. The number of carboxylic acid groups (broad SMARTS) is 1. The lowest BCUT2D eigenvalue weighted by molar-refractivity contribution is -0.149. The van der Waals surface area contributed by atoms with Crippen LogP contribution in [0.25, 0.3) is 0 Å². The summed E-state index contributed by atoms with van der Waals surface area (Å²) in [5.74, 6) is -0.579. The van der Waals surface area contributed by atoms with Crippen molar-refractivity contribution in [3.8, 4) is 0 Å². The van der Waals surface area contributed by atoms with Crippen molar-refractivity contribution in [1.82, 2.24) is 0 Å². The van der Waals surface area contributed by atoms with Crippen molar-refractivity contribution in [3.05, 3.63) is 0 Å². The smallest absolute Gasteiger partial charge is 0.309 e. The zero-order valence-electron chi connectivity index (χ0n) is 20.4. The topological polar surface area (TPSA) is 37.3 Å². The molecule has 0 saturated heterocycles. The molecule has 0 amide bonds. The molecule has 174 valence electrons. The Bertz CT molecular complexity index is 326. The molecule has 0 aliphatic rings. The summed E-state index contributed by atoms with van der Waals surface area (Å²) in [4.78, 5) is 11.8. The van der Waals surface area contributed by atoms with E-state index in [4.69, 9.17) is 0 Å². The average Bonchev–Trinajstić information content (AvgIpc) is 2.70. The maximum Gasteiger partial charge on any atom is 0.309 e. The molecule has 0 radical (unpaired) electrons. The molecule has 29 heavy (non-hydrogen) atoms. The molecule has 0 aromatic rings. The van der Waals surface area contributed by atoms with Crippen molar-refractivity contribution in [1.29, 1.82) is 0 Å². The maximum atomic E-state index is 11.8. The Morgan fingerprint density at radius 1 is 0.517 bits per heavy atom. The van der Waals surface area contributed by atoms with E-state index in [0.29, 0.717) is 0 Å². The van der Waals surface area contributed by atoms with Gasteiger partial charge in [0, 0.05) is 0 Å². The molecule has 0 bridgehead atoms. The molecule has 2 nitrogen and oxygen atoms in total. The number of carbonyl (C=O) groups is 1. The Labute approximate surface area is 183 Å². The molecule has 2 heteroatoms. The predicted molar refractivity (Wildman–Crippen MR) is 129 cm³/mol. The first-order chi connectivity index (χ1) is 14.1. The largest absolute Gasteiger partial charge is 0.481 e. The van der Waals surface area contributed by atoms with E-state index in [-0.39, 0.29) is 0 Å². The van der Waals surface area contributed by atoms with Crippen LogP contribution in [0.5, 0.6) is 0 Å². The lowest BCUT2D eigenvalue weighted by Crippen LogP contribution is -2.27. The van der Waals surface area contributed by atoms with Gasteiger partial charge in [-0.3, -0.25) is 4.79 Å². The molecule has 0 aliphatic carbocycles. The molecule has 0 aromatic heterocycles. The summed E-state index contributed by atoms with van der Waals surface area (Å²) in [5, 5.41) is 9.72. The van der Waals surface area contributed by atoms with Crippen molar-refractivity contribution < 1.29 is 9.90 Å². The van der Waals surface area contributed by atoms with Gasteiger partial charge in [0.25, 0.3) is 0 Å². The molecule has 0 saturated carbocycles. The van der Waals surface area contributed by atoms with Crippen LogP contribution >= 0.6 is 0 Å². The third kappa shape index (κ3) is 18.0. The van der Waals surface area contributed by atoms with E-state index in [1.165, 1.54) is 116 Å². The second kappa shape index (κ2) is 20.7. The number of rotatable bonds is 23. The molecule has 1 N–H and O–H groups in total. The highest BCUT2D eigenvalue weighted by molar-refractivity contribution is 5.74. The first-order valence-corrected chi connectivity index (χ1v) is 13.3. The Kier molecular flexibility index (Phi) is 20.4. The van der Waals surface area contributed by atoms with Crippen LogP contribution in [0.4, 0.5) is 0 Å². The molecule has 0 fully saturated rings. The van der Waals surface area contributed by atoms with Crippen LogP contribution in [0, 0.1) is 5.41 Å². The highest BCUT2D eigenvalue weighted by Gasteiger charge is 2.31. The standard InChI is InChI=1S/C27H54O2/c1-4-6-8-10-12-14-16-18-20-22-24-27(3,26(28)29)25-23-21-19-17-15-13-11-9-7-5-2/h4-25H2,1-3H3,(H,28,29). The summed E-state index contributed by atoms with van der Waals surface area (Å²) in [7, 11) is 0. The van der Waals surface area contributed by atoms with Gasteiger partial charge in [-0.1, -0.05) is 142 Å². The molecule has 0 unspecified atom stereocenters. The average molecular weight is 411 g/mol. The normalized spacial score (nSPS) is 11.8. The van der Waals surface area contributed by atoms with Gasteiger partial charge in [-0.05, 0) is 19.8 Å². The second-order valence-corrected chi connectivity index (χ2v) is 9.73. The number of hydrogen-bond acceptors (Lipinski definition) is 1. The van der Waals surface area contributed by atoms with Gasteiger partial charge in [-0.15, -0.1) is 0 Å². The lowest BCUT2D eigenvalue weighted by Gasteiger charge is -2.24. The Morgan fingerprint density at radius 3 is 1.00 bits per heavy atom.